The van der Waals surface area contributed by atoms with Crippen molar-refractivity contribution >= 4 is 11.6 Å². The quantitative estimate of drug-likeness (QED) is 0.760. The molecule has 0 radical (unpaired) electrons. The Hall–Kier alpha value is -0.860. The Bertz CT molecular complexity index is 324. The molecule has 1 aliphatic rings. The van der Waals surface area contributed by atoms with Crippen LogP contribution in [-0.2, 0) is 4.79 Å². The van der Waals surface area contributed by atoms with Crippen molar-refractivity contribution in [3.05, 3.63) is 0 Å². The highest BCUT2D eigenvalue weighted by molar-refractivity contribution is 5.89. The van der Waals surface area contributed by atoms with Crippen molar-refractivity contribution in [3.8, 4) is 0 Å². The van der Waals surface area contributed by atoms with Gasteiger partial charge in [-0.1, -0.05) is 34.1 Å². The van der Waals surface area contributed by atoms with Gasteiger partial charge in [0.05, 0.1) is 6.04 Å². The molecule has 17 heavy (non-hydrogen) atoms. The topological polar surface area (TPSA) is 55.4 Å². The van der Waals surface area contributed by atoms with Gasteiger partial charge in [0.1, 0.15) is 0 Å². The Kier molecular flexibility index (Phi) is 4.34. The average molecular weight is 238 g/mol. The molecule has 1 heterocycles. The first-order valence-corrected chi connectivity index (χ1v) is 6.62. The number of nitrogens with two attached hydrogens (primary N) is 1. The average Bonchev–Trinajstić information content (AvgIpc) is 2.27. The number of carbonyl (C=O) groups excluding carboxylic acids is 1. The Morgan fingerprint density at radius 2 is 2.18 bits per heavy atom. The number of primary amides is 1. The van der Waals surface area contributed by atoms with Gasteiger partial charge in [0.15, 0.2) is 0 Å². The van der Waals surface area contributed by atoms with Crippen LogP contribution in [0.25, 0.3) is 0 Å². The van der Waals surface area contributed by atoms with Gasteiger partial charge in [0.2, 0.25) is 5.91 Å². The van der Waals surface area contributed by atoms with Crippen LogP contribution in [0.1, 0.15) is 53.9 Å². The van der Waals surface area contributed by atoms with Gasteiger partial charge in [0.25, 0.3) is 0 Å². The molecule has 3 unspecified atom stereocenters. The minimum Gasteiger partial charge on any atom is -0.370 e. The summed E-state index contributed by atoms with van der Waals surface area (Å²) in [6.07, 6.45) is 2.61. The number of amides is 1. The molecule has 3 nitrogen and oxygen atoms in total. The summed E-state index contributed by atoms with van der Waals surface area (Å²) < 4.78 is 0. The summed E-state index contributed by atoms with van der Waals surface area (Å²) in [5, 5.41) is 0. The molecular weight excluding hydrogens is 212 g/mol. The van der Waals surface area contributed by atoms with E-state index in [1.54, 1.807) is 0 Å². The third-order valence-corrected chi connectivity index (χ3v) is 4.79. The summed E-state index contributed by atoms with van der Waals surface area (Å²) >= 11 is 0. The fraction of sp³-hybridized carbons (Fsp3) is 0.857. The second-order valence-electron chi connectivity index (χ2n) is 5.91. The number of nitrogens with zero attached hydrogens (tertiary/aromatic N) is 1. The molecule has 1 amide bonds. The summed E-state index contributed by atoms with van der Waals surface area (Å²) in [6.45, 7) is 10.9. The Morgan fingerprint density at radius 1 is 1.59 bits per heavy atom. The maximum absolute atomic E-state index is 11.1. The van der Waals surface area contributed by atoms with E-state index < -0.39 is 0 Å². The van der Waals surface area contributed by atoms with Crippen LogP contribution in [0.2, 0.25) is 0 Å². The molecule has 98 valence electrons. The van der Waals surface area contributed by atoms with Gasteiger partial charge in [-0.3, -0.25) is 9.79 Å². The number of aliphatic imine (C=N–C) groups is 1. The smallest absolute Gasteiger partial charge is 0.217 e. The molecule has 2 N–H and O–H groups in total. The van der Waals surface area contributed by atoms with Gasteiger partial charge in [0, 0.05) is 18.1 Å². The first-order valence-electron chi connectivity index (χ1n) is 6.62. The van der Waals surface area contributed by atoms with E-state index in [9.17, 15) is 4.79 Å². The predicted molar refractivity (Wildman–Crippen MR) is 72.1 cm³/mol. The first kappa shape index (κ1) is 14.2. The lowest BCUT2D eigenvalue weighted by molar-refractivity contribution is -0.119. The van der Waals surface area contributed by atoms with Crippen LogP contribution in [0, 0.1) is 17.3 Å². The van der Waals surface area contributed by atoms with Gasteiger partial charge >= 0.3 is 0 Å². The van der Waals surface area contributed by atoms with Crippen LogP contribution < -0.4 is 5.73 Å². The van der Waals surface area contributed by atoms with Crippen LogP contribution in [-0.4, -0.2) is 17.7 Å². The molecule has 0 aromatic heterocycles. The molecule has 0 aromatic carbocycles. The predicted octanol–water partition coefficient (Wildman–Crippen LogP) is 2.78. The fourth-order valence-electron chi connectivity index (χ4n) is 2.63. The van der Waals surface area contributed by atoms with Gasteiger partial charge in [-0.2, -0.15) is 0 Å². The van der Waals surface area contributed by atoms with E-state index in [0.29, 0.717) is 24.3 Å². The molecule has 3 heteroatoms. The summed E-state index contributed by atoms with van der Waals surface area (Å²) in [6, 6.07) is 0.440. The molecule has 0 bridgehead atoms. The van der Waals surface area contributed by atoms with Gasteiger partial charge in [-0.25, -0.2) is 0 Å². The highest BCUT2D eigenvalue weighted by atomic mass is 16.1. The van der Waals surface area contributed by atoms with E-state index in [0.717, 1.165) is 12.8 Å². The summed E-state index contributed by atoms with van der Waals surface area (Å²) in [5.74, 6) is 0.730. The molecule has 0 aromatic rings. The van der Waals surface area contributed by atoms with E-state index in [-0.39, 0.29) is 11.3 Å². The van der Waals surface area contributed by atoms with Gasteiger partial charge in [-0.15, -0.1) is 0 Å². The largest absolute Gasteiger partial charge is 0.370 e. The molecule has 0 fully saturated rings. The lowest BCUT2D eigenvalue weighted by Crippen LogP contribution is -2.40. The van der Waals surface area contributed by atoms with E-state index in [4.69, 9.17) is 5.73 Å². The molecular formula is C14H26N2O. The third kappa shape index (κ3) is 3.08. The maximum Gasteiger partial charge on any atom is 0.217 e. The van der Waals surface area contributed by atoms with Crippen LogP contribution in [0.15, 0.2) is 4.99 Å². The Labute approximate surface area is 105 Å². The zero-order valence-electron chi connectivity index (χ0n) is 11.8. The summed E-state index contributed by atoms with van der Waals surface area (Å²) in [7, 11) is 0. The fourth-order valence-corrected chi connectivity index (χ4v) is 2.63. The van der Waals surface area contributed by atoms with Crippen molar-refractivity contribution in [3.63, 3.8) is 0 Å². The number of hydrogen-bond donors (Lipinski definition) is 1. The molecule has 0 saturated carbocycles. The van der Waals surface area contributed by atoms with Crippen molar-refractivity contribution in [1.82, 2.24) is 0 Å². The highest BCUT2D eigenvalue weighted by Gasteiger charge is 2.38. The maximum atomic E-state index is 11.1. The molecule has 0 spiro atoms. The van der Waals surface area contributed by atoms with Crippen molar-refractivity contribution < 1.29 is 4.79 Å². The van der Waals surface area contributed by atoms with Gasteiger partial charge in [-0.05, 0) is 24.7 Å². The van der Waals surface area contributed by atoms with E-state index in [1.807, 2.05) is 0 Å². The van der Waals surface area contributed by atoms with Crippen LogP contribution in [0.4, 0.5) is 0 Å². The minimum atomic E-state index is -0.196. The Morgan fingerprint density at radius 3 is 2.53 bits per heavy atom. The zero-order chi connectivity index (χ0) is 13.2. The van der Waals surface area contributed by atoms with Crippen molar-refractivity contribution in [2.24, 2.45) is 28.0 Å². The van der Waals surface area contributed by atoms with Crippen molar-refractivity contribution in [2.45, 2.75) is 59.9 Å². The lowest BCUT2D eigenvalue weighted by atomic mass is 9.67. The number of carbonyl (C=O) groups is 1. The monoisotopic (exact) mass is 238 g/mol. The van der Waals surface area contributed by atoms with E-state index >= 15 is 0 Å². The number of rotatable bonds is 6. The minimum absolute atomic E-state index is 0.165. The second kappa shape index (κ2) is 5.19. The molecule has 1 rings (SSSR count). The molecule has 4 atom stereocenters. The lowest BCUT2D eigenvalue weighted by Gasteiger charge is -2.41. The normalized spacial score (nSPS) is 28.9. The van der Waals surface area contributed by atoms with Crippen molar-refractivity contribution in [2.75, 3.05) is 0 Å². The third-order valence-electron chi connectivity index (χ3n) is 4.79. The Balaban J connectivity index is 2.66. The standard InChI is InChI=1S/C14H26N2O/c1-6-14(5,9(2)7-13(15)17)8-12-10(3)11(4)16-12/h9-10,12H,6-8H2,1-5H3,(H2,15,17)/t9?,10-,12?,14?/m0/s1. The van der Waals surface area contributed by atoms with E-state index in [2.05, 4.69) is 39.6 Å². The van der Waals surface area contributed by atoms with E-state index in [1.165, 1.54) is 5.71 Å². The first-order chi connectivity index (χ1) is 7.80. The summed E-state index contributed by atoms with van der Waals surface area (Å²) in [5.41, 5.74) is 6.73. The van der Waals surface area contributed by atoms with Crippen LogP contribution in [0.3, 0.4) is 0 Å². The van der Waals surface area contributed by atoms with Crippen LogP contribution in [0.5, 0.6) is 0 Å². The number of hydrogen-bond acceptors (Lipinski definition) is 2. The molecule has 1 aliphatic heterocycles. The second-order valence-corrected chi connectivity index (χ2v) is 5.91. The SMILES string of the molecule is CCC(C)(CC1N=C(C)[C@@H]1C)C(C)CC(N)=O. The van der Waals surface area contributed by atoms with Crippen LogP contribution >= 0.6 is 0 Å². The summed E-state index contributed by atoms with van der Waals surface area (Å²) in [4.78, 5) is 15.7. The van der Waals surface area contributed by atoms with Gasteiger partial charge < -0.3 is 5.73 Å². The highest BCUT2D eigenvalue weighted by Crippen LogP contribution is 2.41. The zero-order valence-corrected chi connectivity index (χ0v) is 11.8. The molecule has 0 saturated heterocycles. The van der Waals surface area contributed by atoms with Crippen molar-refractivity contribution in [1.29, 1.82) is 0 Å². The molecule has 0 aliphatic carbocycles.